The van der Waals surface area contributed by atoms with Crippen LogP contribution in [0.4, 0.5) is 0 Å². The Bertz CT molecular complexity index is 175. The van der Waals surface area contributed by atoms with Gasteiger partial charge in [0, 0.05) is 18.1 Å². The van der Waals surface area contributed by atoms with Gasteiger partial charge in [-0.2, -0.15) is 0 Å². The van der Waals surface area contributed by atoms with Gasteiger partial charge in [-0.25, -0.2) is 0 Å². The van der Waals surface area contributed by atoms with Crippen LogP contribution in [0.3, 0.4) is 0 Å². The smallest absolute Gasteiger partial charge is 0.0303 e. The lowest BCUT2D eigenvalue weighted by molar-refractivity contribution is 0.0633. The van der Waals surface area contributed by atoms with Gasteiger partial charge < -0.3 is 5.73 Å². The van der Waals surface area contributed by atoms with Crippen LogP contribution in [0.25, 0.3) is 0 Å². The number of hydrogen-bond acceptors (Lipinski definition) is 2. The summed E-state index contributed by atoms with van der Waals surface area (Å²) >= 11 is 0. The predicted octanol–water partition coefficient (Wildman–Crippen LogP) is 2.77. The summed E-state index contributed by atoms with van der Waals surface area (Å²) in [6, 6.07) is 0.777. The number of nitrogens with two attached hydrogens (primary N) is 1. The minimum atomic E-state index is 0.219. The molecular weight excluding hydrogens is 184 g/mol. The highest BCUT2D eigenvalue weighted by Crippen LogP contribution is 2.28. The quantitative estimate of drug-likeness (QED) is 0.759. The van der Waals surface area contributed by atoms with E-state index in [0.717, 1.165) is 12.6 Å². The monoisotopic (exact) mass is 212 g/mol. The Morgan fingerprint density at radius 1 is 1.27 bits per heavy atom. The molecule has 0 bridgehead atoms. The molecule has 15 heavy (non-hydrogen) atoms. The topological polar surface area (TPSA) is 29.3 Å². The largest absolute Gasteiger partial charge is 0.329 e. The van der Waals surface area contributed by atoms with Gasteiger partial charge in [0.25, 0.3) is 0 Å². The molecule has 1 saturated carbocycles. The third-order valence-electron chi connectivity index (χ3n) is 4.20. The van der Waals surface area contributed by atoms with Crippen LogP contribution >= 0.6 is 0 Å². The minimum absolute atomic E-state index is 0.219. The summed E-state index contributed by atoms with van der Waals surface area (Å²) < 4.78 is 0. The number of rotatable bonds is 5. The molecule has 2 nitrogen and oxygen atoms in total. The molecule has 90 valence electrons. The molecule has 0 spiro atoms. The molecule has 0 saturated heterocycles. The maximum atomic E-state index is 5.96. The lowest BCUT2D eigenvalue weighted by atomic mass is 9.87. The van der Waals surface area contributed by atoms with Crippen LogP contribution in [0.1, 0.15) is 58.8 Å². The second kappa shape index (κ2) is 5.86. The molecule has 0 aromatic carbocycles. The molecule has 0 aromatic heterocycles. The number of nitrogens with zero attached hydrogens (tertiary/aromatic N) is 1. The molecule has 0 aliphatic heterocycles. The van der Waals surface area contributed by atoms with Gasteiger partial charge in [-0.15, -0.1) is 0 Å². The van der Waals surface area contributed by atoms with E-state index in [2.05, 4.69) is 25.8 Å². The lowest BCUT2D eigenvalue weighted by Crippen LogP contribution is -2.54. The Kier molecular flexibility index (Phi) is 5.07. The molecule has 0 radical (unpaired) electrons. The van der Waals surface area contributed by atoms with Gasteiger partial charge in [-0.3, -0.25) is 4.90 Å². The first-order valence-electron chi connectivity index (χ1n) is 6.57. The minimum Gasteiger partial charge on any atom is -0.329 e. The average Bonchev–Trinajstić information content (AvgIpc) is 2.29. The van der Waals surface area contributed by atoms with E-state index in [4.69, 9.17) is 5.73 Å². The molecule has 0 heterocycles. The highest BCUT2D eigenvalue weighted by Gasteiger charge is 2.32. The fourth-order valence-electron chi connectivity index (χ4n) is 2.87. The van der Waals surface area contributed by atoms with Crippen LogP contribution < -0.4 is 5.73 Å². The fourth-order valence-corrected chi connectivity index (χ4v) is 2.87. The highest BCUT2D eigenvalue weighted by atomic mass is 15.2. The number of hydrogen-bond donors (Lipinski definition) is 1. The third kappa shape index (κ3) is 3.18. The normalized spacial score (nSPS) is 23.0. The first-order valence-corrected chi connectivity index (χ1v) is 6.57. The lowest BCUT2D eigenvalue weighted by Gasteiger charge is -2.44. The van der Waals surface area contributed by atoms with Crippen molar-refractivity contribution in [3.63, 3.8) is 0 Å². The molecular formula is C13H28N2. The Morgan fingerprint density at radius 2 is 1.87 bits per heavy atom. The van der Waals surface area contributed by atoms with E-state index < -0.39 is 0 Å². The van der Waals surface area contributed by atoms with E-state index >= 15 is 0 Å². The van der Waals surface area contributed by atoms with Crippen molar-refractivity contribution in [2.75, 3.05) is 13.6 Å². The van der Waals surface area contributed by atoms with E-state index in [1.165, 1.54) is 44.9 Å². The molecule has 2 N–H and O–H groups in total. The van der Waals surface area contributed by atoms with Gasteiger partial charge in [-0.1, -0.05) is 32.6 Å². The van der Waals surface area contributed by atoms with Crippen LogP contribution in [0, 0.1) is 0 Å². The molecule has 0 amide bonds. The highest BCUT2D eigenvalue weighted by molar-refractivity contribution is 4.89. The first kappa shape index (κ1) is 13.0. The van der Waals surface area contributed by atoms with Gasteiger partial charge >= 0.3 is 0 Å². The summed E-state index contributed by atoms with van der Waals surface area (Å²) in [5.74, 6) is 0. The summed E-state index contributed by atoms with van der Waals surface area (Å²) in [7, 11) is 2.28. The van der Waals surface area contributed by atoms with E-state index in [9.17, 15) is 0 Å². The average molecular weight is 212 g/mol. The Hall–Kier alpha value is -0.0800. The van der Waals surface area contributed by atoms with Gasteiger partial charge in [0.05, 0.1) is 0 Å². The van der Waals surface area contributed by atoms with Crippen molar-refractivity contribution < 1.29 is 0 Å². The van der Waals surface area contributed by atoms with Crippen molar-refractivity contribution in [2.24, 2.45) is 5.73 Å². The molecule has 1 fully saturated rings. The SMILES string of the molecule is CCCC(C)(CN)N(C)C1CCCCC1. The van der Waals surface area contributed by atoms with Gasteiger partial charge in [0.15, 0.2) is 0 Å². The Morgan fingerprint density at radius 3 is 2.33 bits per heavy atom. The van der Waals surface area contributed by atoms with Gasteiger partial charge in [0.1, 0.15) is 0 Å². The van der Waals surface area contributed by atoms with Gasteiger partial charge in [0.2, 0.25) is 0 Å². The molecule has 1 aliphatic rings. The standard InChI is InChI=1S/C13H28N2/c1-4-10-13(2,11-14)15(3)12-8-6-5-7-9-12/h12H,4-11,14H2,1-3H3. The molecule has 2 heteroatoms. The van der Waals surface area contributed by atoms with Crippen molar-refractivity contribution in [1.82, 2.24) is 4.90 Å². The zero-order valence-corrected chi connectivity index (χ0v) is 10.8. The maximum absolute atomic E-state index is 5.96. The van der Waals surface area contributed by atoms with Crippen molar-refractivity contribution in [1.29, 1.82) is 0 Å². The second-order valence-electron chi connectivity index (χ2n) is 5.35. The molecule has 1 aliphatic carbocycles. The summed E-state index contributed by atoms with van der Waals surface area (Å²) in [5.41, 5.74) is 6.18. The summed E-state index contributed by atoms with van der Waals surface area (Å²) in [6.07, 6.45) is 9.42. The summed E-state index contributed by atoms with van der Waals surface area (Å²) in [5, 5.41) is 0. The van der Waals surface area contributed by atoms with E-state index in [0.29, 0.717) is 0 Å². The molecule has 1 rings (SSSR count). The van der Waals surface area contributed by atoms with Crippen molar-refractivity contribution in [3.05, 3.63) is 0 Å². The van der Waals surface area contributed by atoms with Crippen LogP contribution in [0.5, 0.6) is 0 Å². The zero-order chi connectivity index (χ0) is 11.3. The zero-order valence-electron chi connectivity index (χ0n) is 10.8. The van der Waals surface area contributed by atoms with E-state index in [-0.39, 0.29) is 5.54 Å². The molecule has 1 unspecified atom stereocenters. The van der Waals surface area contributed by atoms with E-state index in [1.807, 2.05) is 0 Å². The summed E-state index contributed by atoms with van der Waals surface area (Å²) in [4.78, 5) is 2.57. The van der Waals surface area contributed by atoms with Crippen LogP contribution in [0.15, 0.2) is 0 Å². The van der Waals surface area contributed by atoms with Crippen LogP contribution in [0.2, 0.25) is 0 Å². The van der Waals surface area contributed by atoms with Crippen molar-refractivity contribution >= 4 is 0 Å². The Labute approximate surface area is 95.2 Å². The Balaban J connectivity index is 2.57. The van der Waals surface area contributed by atoms with Crippen molar-refractivity contribution in [3.8, 4) is 0 Å². The van der Waals surface area contributed by atoms with Gasteiger partial charge in [-0.05, 0) is 33.2 Å². The first-order chi connectivity index (χ1) is 7.14. The van der Waals surface area contributed by atoms with Crippen LogP contribution in [-0.4, -0.2) is 30.1 Å². The second-order valence-corrected chi connectivity index (χ2v) is 5.35. The maximum Gasteiger partial charge on any atom is 0.0303 e. The fraction of sp³-hybridized carbons (Fsp3) is 1.00. The number of likely N-dealkylation sites (N-methyl/N-ethyl adjacent to an activating group) is 1. The predicted molar refractivity (Wildman–Crippen MR) is 67.0 cm³/mol. The molecule has 1 atom stereocenters. The molecule has 0 aromatic rings. The van der Waals surface area contributed by atoms with Crippen LogP contribution in [-0.2, 0) is 0 Å². The van der Waals surface area contributed by atoms with E-state index in [1.54, 1.807) is 0 Å². The van der Waals surface area contributed by atoms with Crippen molar-refractivity contribution in [2.45, 2.75) is 70.4 Å². The summed E-state index contributed by atoms with van der Waals surface area (Å²) in [6.45, 7) is 5.36. The third-order valence-corrected chi connectivity index (χ3v) is 4.20.